The van der Waals surface area contributed by atoms with Gasteiger partial charge < -0.3 is 4.74 Å². The molecule has 1 aromatic rings. The molecule has 0 spiro atoms. The Morgan fingerprint density at radius 3 is 2.18 bits per heavy atom. The van der Waals surface area contributed by atoms with E-state index < -0.39 is 0 Å². The molecule has 0 N–H and O–H groups in total. The van der Waals surface area contributed by atoms with Gasteiger partial charge in [-0.25, -0.2) is 0 Å². The molecule has 1 heteroatoms. The number of hydrogen-bond acceptors (Lipinski definition) is 1. The highest BCUT2D eigenvalue weighted by Gasteiger charge is 2.31. The molecule has 0 amide bonds. The minimum atomic E-state index is 0.214. The van der Waals surface area contributed by atoms with Crippen molar-refractivity contribution in [2.45, 2.75) is 79.4 Å². The summed E-state index contributed by atoms with van der Waals surface area (Å²) in [5, 5.41) is 0. The first-order chi connectivity index (χ1) is 10.1. The van der Waals surface area contributed by atoms with Crippen LogP contribution in [0.2, 0.25) is 0 Å². The van der Waals surface area contributed by atoms with Crippen LogP contribution in [0.15, 0.2) is 35.4 Å². The van der Waals surface area contributed by atoms with E-state index in [4.69, 9.17) is 4.74 Å². The highest BCUT2D eigenvalue weighted by atomic mass is 16.5. The second kappa shape index (κ2) is 6.20. The molecule has 0 unspecified atom stereocenters. The number of allylic oxidation sites excluding steroid dienone is 1. The van der Waals surface area contributed by atoms with Gasteiger partial charge in [0, 0.05) is 0 Å². The predicted molar refractivity (Wildman–Crippen MR) is 95.1 cm³/mol. The van der Waals surface area contributed by atoms with Crippen LogP contribution in [0.3, 0.4) is 0 Å². The molecule has 1 aromatic carbocycles. The van der Waals surface area contributed by atoms with Crippen molar-refractivity contribution in [3.8, 4) is 0 Å². The highest BCUT2D eigenvalue weighted by molar-refractivity contribution is 5.27. The summed E-state index contributed by atoms with van der Waals surface area (Å²) in [6, 6.07) is 8.89. The Balaban J connectivity index is 1.97. The van der Waals surface area contributed by atoms with Gasteiger partial charge in [0.25, 0.3) is 0 Å². The molecule has 1 atom stereocenters. The Bertz CT molecular complexity index is 540. The van der Waals surface area contributed by atoms with Crippen LogP contribution < -0.4 is 0 Å². The summed E-state index contributed by atoms with van der Waals surface area (Å²) in [4.78, 5) is 0. The Morgan fingerprint density at radius 2 is 1.68 bits per heavy atom. The van der Waals surface area contributed by atoms with Crippen LogP contribution in [0.25, 0.3) is 0 Å². The second-order valence-electron chi connectivity index (χ2n) is 8.58. The van der Waals surface area contributed by atoms with Crippen LogP contribution in [0, 0.1) is 5.41 Å². The first kappa shape index (κ1) is 17.3. The number of ether oxygens (including phenoxy) is 1. The molecule has 1 aliphatic carbocycles. The summed E-state index contributed by atoms with van der Waals surface area (Å²) in [6.45, 7) is 16.7. The normalized spacial score (nSPS) is 22.0. The van der Waals surface area contributed by atoms with Crippen LogP contribution in [-0.2, 0) is 16.8 Å². The molecule has 0 aliphatic heterocycles. The van der Waals surface area contributed by atoms with Gasteiger partial charge in [0.05, 0.1) is 12.7 Å². The van der Waals surface area contributed by atoms with E-state index in [0.717, 1.165) is 19.4 Å². The smallest absolute Gasteiger partial charge is 0.0720 e. The van der Waals surface area contributed by atoms with Crippen LogP contribution in [-0.4, -0.2) is 6.10 Å². The lowest BCUT2D eigenvalue weighted by Gasteiger charge is -2.37. The molecule has 122 valence electrons. The third kappa shape index (κ3) is 4.01. The van der Waals surface area contributed by atoms with Gasteiger partial charge in [0.2, 0.25) is 0 Å². The van der Waals surface area contributed by atoms with Gasteiger partial charge in [-0.05, 0) is 48.6 Å². The molecule has 1 aliphatic rings. The zero-order valence-electron chi connectivity index (χ0n) is 15.4. The van der Waals surface area contributed by atoms with Gasteiger partial charge in [-0.2, -0.15) is 0 Å². The van der Waals surface area contributed by atoms with Crippen molar-refractivity contribution in [3.05, 3.63) is 46.5 Å². The van der Waals surface area contributed by atoms with Crippen LogP contribution in [0.5, 0.6) is 0 Å². The first-order valence-corrected chi connectivity index (χ1v) is 8.47. The summed E-state index contributed by atoms with van der Waals surface area (Å²) in [7, 11) is 0. The average molecular weight is 300 g/mol. The minimum absolute atomic E-state index is 0.214. The summed E-state index contributed by atoms with van der Waals surface area (Å²) < 4.78 is 6.21. The summed E-state index contributed by atoms with van der Waals surface area (Å²) in [5.41, 5.74) is 6.18. The van der Waals surface area contributed by atoms with Gasteiger partial charge in [0.1, 0.15) is 0 Å². The number of hydrogen-bond donors (Lipinski definition) is 0. The minimum Gasteiger partial charge on any atom is -0.373 e. The van der Waals surface area contributed by atoms with Gasteiger partial charge in [-0.3, -0.25) is 0 Å². The van der Waals surface area contributed by atoms with E-state index in [0.29, 0.717) is 6.10 Å². The topological polar surface area (TPSA) is 9.23 Å². The molecule has 0 aromatic heterocycles. The fourth-order valence-electron chi connectivity index (χ4n) is 3.30. The average Bonchev–Trinajstić information content (AvgIpc) is 2.41. The molecule has 0 fully saturated rings. The lowest BCUT2D eigenvalue weighted by Crippen LogP contribution is -2.29. The Kier molecular flexibility index (Phi) is 4.87. The predicted octanol–water partition coefficient (Wildman–Crippen LogP) is 6.03. The molecular formula is C21H32O. The van der Waals surface area contributed by atoms with E-state index in [1.807, 2.05) is 0 Å². The second-order valence-corrected chi connectivity index (χ2v) is 8.58. The summed E-state index contributed by atoms with van der Waals surface area (Å²) in [6.07, 6.45) is 2.55. The SMILES string of the molecule is CC1=C(C)C(C)(C)C[C@@H](OCc2ccc(C(C)(C)C)cc2)C1. The van der Waals surface area contributed by atoms with E-state index in [-0.39, 0.29) is 10.8 Å². The van der Waals surface area contributed by atoms with Crippen LogP contribution >= 0.6 is 0 Å². The zero-order chi connectivity index (χ0) is 16.5. The molecule has 0 saturated heterocycles. The lowest BCUT2D eigenvalue weighted by molar-refractivity contribution is 0.0109. The van der Waals surface area contributed by atoms with Gasteiger partial charge >= 0.3 is 0 Å². The van der Waals surface area contributed by atoms with Gasteiger partial charge in [-0.1, -0.05) is 70.0 Å². The molecule has 0 bridgehead atoms. The van der Waals surface area contributed by atoms with Crippen molar-refractivity contribution in [2.75, 3.05) is 0 Å². The largest absolute Gasteiger partial charge is 0.373 e. The molecule has 1 nitrogen and oxygen atoms in total. The van der Waals surface area contributed by atoms with Crippen molar-refractivity contribution in [2.24, 2.45) is 5.41 Å². The van der Waals surface area contributed by atoms with Gasteiger partial charge in [0.15, 0.2) is 0 Å². The van der Waals surface area contributed by atoms with Crippen LogP contribution in [0.4, 0.5) is 0 Å². The standard InChI is InChI=1S/C21H32O/c1-15-12-19(13-21(6,7)16(15)2)22-14-17-8-10-18(11-9-17)20(3,4)5/h8-11,19H,12-14H2,1-7H3/t19-/m0/s1. The molecule has 2 rings (SSSR count). The Hall–Kier alpha value is -1.08. The first-order valence-electron chi connectivity index (χ1n) is 8.47. The lowest BCUT2D eigenvalue weighted by atomic mass is 9.72. The van der Waals surface area contributed by atoms with Crippen molar-refractivity contribution < 1.29 is 4.74 Å². The number of benzene rings is 1. The third-order valence-electron chi connectivity index (χ3n) is 5.23. The summed E-state index contributed by atoms with van der Waals surface area (Å²) in [5.74, 6) is 0. The molecule has 0 heterocycles. The summed E-state index contributed by atoms with van der Waals surface area (Å²) >= 11 is 0. The molecular weight excluding hydrogens is 268 g/mol. The van der Waals surface area contributed by atoms with E-state index in [1.165, 1.54) is 16.7 Å². The number of rotatable bonds is 3. The van der Waals surface area contributed by atoms with Gasteiger partial charge in [-0.15, -0.1) is 0 Å². The van der Waals surface area contributed by atoms with E-state index in [2.05, 4.69) is 72.7 Å². The third-order valence-corrected chi connectivity index (χ3v) is 5.23. The Labute approximate surface area is 136 Å². The molecule has 22 heavy (non-hydrogen) atoms. The fraction of sp³-hybridized carbons (Fsp3) is 0.619. The monoisotopic (exact) mass is 300 g/mol. The van der Waals surface area contributed by atoms with Crippen molar-refractivity contribution >= 4 is 0 Å². The van der Waals surface area contributed by atoms with Crippen molar-refractivity contribution in [1.82, 2.24) is 0 Å². The van der Waals surface area contributed by atoms with E-state index >= 15 is 0 Å². The maximum Gasteiger partial charge on any atom is 0.0720 e. The molecule has 0 radical (unpaired) electrons. The van der Waals surface area contributed by atoms with Crippen molar-refractivity contribution in [1.29, 1.82) is 0 Å². The van der Waals surface area contributed by atoms with Crippen molar-refractivity contribution in [3.63, 3.8) is 0 Å². The van der Waals surface area contributed by atoms with E-state index in [9.17, 15) is 0 Å². The highest BCUT2D eigenvalue weighted by Crippen LogP contribution is 2.41. The zero-order valence-corrected chi connectivity index (χ0v) is 15.4. The Morgan fingerprint density at radius 1 is 1.09 bits per heavy atom. The van der Waals surface area contributed by atoms with E-state index in [1.54, 1.807) is 5.57 Å². The maximum absolute atomic E-state index is 6.21. The maximum atomic E-state index is 6.21. The molecule has 0 saturated carbocycles. The quantitative estimate of drug-likeness (QED) is 0.620. The fourth-order valence-corrected chi connectivity index (χ4v) is 3.30. The van der Waals surface area contributed by atoms with Crippen LogP contribution in [0.1, 0.15) is 72.4 Å².